The van der Waals surface area contributed by atoms with Gasteiger partial charge in [-0.3, -0.25) is 14.4 Å². The monoisotopic (exact) mass is 343 g/mol. The van der Waals surface area contributed by atoms with Gasteiger partial charge in [0.15, 0.2) is 0 Å². The van der Waals surface area contributed by atoms with Crippen molar-refractivity contribution in [3.63, 3.8) is 0 Å². The van der Waals surface area contributed by atoms with Gasteiger partial charge in [-0.25, -0.2) is 18.1 Å². The average Bonchev–Trinajstić information content (AvgIpc) is 3.21. The van der Waals surface area contributed by atoms with Gasteiger partial charge in [-0.1, -0.05) is 6.07 Å². The zero-order valence-electron chi connectivity index (χ0n) is 12.8. The normalized spacial score (nSPS) is 20.1. The minimum absolute atomic E-state index is 0.619. The molecule has 0 aliphatic carbocycles. The number of carbonyl (C=O) groups excluding carboxylic acids is 1. The highest BCUT2D eigenvalue weighted by atomic mass is 31.2. The van der Waals surface area contributed by atoms with E-state index in [2.05, 4.69) is 5.09 Å². The quantitative estimate of drug-likeness (QED) is 0.854. The molecule has 2 aliphatic rings. The number of rotatable bonds is 4. The van der Waals surface area contributed by atoms with Crippen molar-refractivity contribution in [2.75, 3.05) is 26.2 Å². The van der Waals surface area contributed by atoms with Crippen LogP contribution in [-0.2, 0) is 4.57 Å². The maximum Gasteiger partial charge on any atom is 0.311 e. The second kappa shape index (κ2) is 6.67. The molecule has 0 saturated carbocycles. The van der Waals surface area contributed by atoms with E-state index in [9.17, 15) is 18.1 Å². The molecule has 2 aliphatic heterocycles. The standard InChI is InChI=1S/C15H20F2N3O2P/c16-12-6-5-7-13(17)14(12)15(21)18-23(22,19-8-1-2-9-19)20-10-3-4-11-20/h5-7H,1-4,8-11H2,(H,18,21,22). The number of nitrogens with zero attached hydrogens (tertiary/aromatic N) is 2. The Morgan fingerprint density at radius 3 is 1.83 bits per heavy atom. The van der Waals surface area contributed by atoms with E-state index in [0.29, 0.717) is 26.2 Å². The van der Waals surface area contributed by atoms with Gasteiger partial charge in [0, 0.05) is 26.2 Å². The van der Waals surface area contributed by atoms with Gasteiger partial charge in [0.25, 0.3) is 5.91 Å². The molecule has 1 N–H and O–H groups in total. The predicted octanol–water partition coefficient (Wildman–Crippen LogP) is 2.99. The number of hydrogen-bond acceptors (Lipinski definition) is 2. The maximum absolute atomic E-state index is 13.8. The van der Waals surface area contributed by atoms with Crippen molar-refractivity contribution in [3.05, 3.63) is 35.4 Å². The largest absolute Gasteiger partial charge is 0.311 e. The number of hydrogen-bond donors (Lipinski definition) is 1. The van der Waals surface area contributed by atoms with E-state index in [-0.39, 0.29) is 0 Å². The van der Waals surface area contributed by atoms with Gasteiger partial charge in [0.2, 0.25) is 0 Å². The lowest BCUT2D eigenvalue weighted by molar-refractivity contribution is 0.0966. The van der Waals surface area contributed by atoms with Gasteiger partial charge in [0.1, 0.15) is 17.2 Å². The van der Waals surface area contributed by atoms with Crippen molar-refractivity contribution in [1.82, 2.24) is 14.4 Å². The highest BCUT2D eigenvalue weighted by molar-refractivity contribution is 7.57. The second-order valence-corrected chi connectivity index (χ2v) is 8.35. The summed E-state index contributed by atoms with van der Waals surface area (Å²) in [5.41, 5.74) is -0.675. The van der Waals surface area contributed by atoms with Crippen LogP contribution < -0.4 is 5.09 Å². The fourth-order valence-electron chi connectivity index (χ4n) is 3.17. The first-order valence-corrected chi connectivity index (χ1v) is 9.51. The molecule has 0 radical (unpaired) electrons. The van der Waals surface area contributed by atoms with Crippen molar-refractivity contribution in [2.45, 2.75) is 25.7 Å². The third kappa shape index (κ3) is 3.18. The van der Waals surface area contributed by atoms with Crippen LogP contribution in [0.5, 0.6) is 0 Å². The molecule has 2 heterocycles. The number of halogens is 2. The minimum Gasteiger partial charge on any atom is -0.278 e. The molecule has 0 aromatic heterocycles. The van der Waals surface area contributed by atoms with Crippen LogP contribution in [0.15, 0.2) is 18.2 Å². The van der Waals surface area contributed by atoms with E-state index in [4.69, 9.17) is 0 Å². The summed E-state index contributed by atoms with van der Waals surface area (Å²) in [5, 5.41) is 2.46. The Bertz CT molecular complexity index is 603. The van der Waals surface area contributed by atoms with Crippen LogP contribution in [0, 0.1) is 11.6 Å². The lowest BCUT2D eigenvalue weighted by Gasteiger charge is -2.34. The Morgan fingerprint density at radius 2 is 1.39 bits per heavy atom. The van der Waals surface area contributed by atoms with Crippen molar-refractivity contribution in [1.29, 1.82) is 0 Å². The Balaban J connectivity index is 1.89. The van der Waals surface area contributed by atoms with Gasteiger partial charge in [-0.2, -0.15) is 0 Å². The number of carbonyl (C=O) groups is 1. The topological polar surface area (TPSA) is 52.7 Å². The minimum atomic E-state index is -3.34. The highest BCUT2D eigenvalue weighted by Gasteiger charge is 2.42. The molecule has 2 fully saturated rings. The summed E-state index contributed by atoms with van der Waals surface area (Å²) in [6.07, 6.45) is 3.62. The number of amides is 1. The van der Waals surface area contributed by atoms with E-state index in [1.54, 1.807) is 9.34 Å². The summed E-state index contributed by atoms with van der Waals surface area (Å²) in [5.74, 6) is -2.85. The Kier molecular flexibility index (Phi) is 4.80. The summed E-state index contributed by atoms with van der Waals surface area (Å²) < 4.78 is 44.6. The Labute approximate surface area is 134 Å². The van der Waals surface area contributed by atoms with E-state index in [0.717, 1.165) is 37.8 Å². The van der Waals surface area contributed by atoms with Crippen LogP contribution in [0.4, 0.5) is 8.78 Å². The Morgan fingerprint density at radius 1 is 0.957 bits per heavy atom. The smallest absolute Gasteiger partial charge is 0.278 e. The molecular weight excluding hydrogens is 323 g/mol. The molecule has 0 unspecified atom stereocenters. The van der Waals surface area contributed by atoms with Gasteiger partial charge >= 0.3 is 7.59 Å². The maximum atomic E-state index is 13.8. The zero-order valence-corrected chi connectivity index (χ0v) is 13.7. The van der Waals surface area contributed by atoms with Gasteiger partial charge in [-0.15, -0.1) is 0 Å². The molecule has 8 heteroatoms. The predicted molar refractivity (Wildman–Crippen MR) is 83.0 cm³/mol. The van der Waals surface area contributed by atoms with Crippen LogP contribution in [0.2, 0.25) is 0 Å². The van der Waals surface area contributed by atoms with Gasteiger partial charge in [-0.05, 0) is 37.8 Å². The van der Waals surface area contributed by atoms with Gasteiger partial charge in [0.05, 0.1) is 0 Å². The molecule has 3 rings (SSSR count). The lowest BCUT2D eigenvalue weighted by atomic mass is 10.2. The molecule has 1 aromatic carbocycles. The second-order valence-electron chi connectivity index (χ2n) is 5.90. The third-order valence-electron chi connectivity index (χ3n) is 4.37. The molecule has 5 nitrogen and oxygen atoms in total. The first kappa shape index (κ1) is 16.6. The van der Waals surface area contributed by atoms with E-state index in [1.807, 2.05) is 0 Å². The molecule has 0 spiro atoms. The number of benzene rings is 1. The number of nitrogens with one attached hydrogen (secondary N) is 1. The summed E-state index contributed by atoms with van der Waals surface area (Å²) in [7, 11) is -3.34. The van der Waals surface area contributed by atoms with Crippen LogP contribution in [0.25, 0.3) is 0 Å². The van der Waals surface area contributed by atoms with Crippen molar-refractivity contribution >= 4 is 13.5 Å². The summed E-state index contributed by atoms with van der Waals surface area (Å²) >= 11 is 0. The van der Waals surface area contributed by atoms with Gasteiger partial charge < -0.3 is 0 Å². The molecular formula is C15H20F2N3O2P. The molecule has 126 valence electrons. The van der Waals surface area contributed by atoms with Crippen LogP contribution >= 0.6 is 7.59 Å². The summed E-state index contributed by atoms with van der Waals surface area (Å²) in [6.45, 7) is 2.48. The van der Waals surface area contributed by atoms with E-state index < -0.39 is 30.7 Å². The molecule has 0 bridgehead atoms. The Hall–Kier alpha value is -1.30. The summed E-state index contributed by atoms with van der Waals surface area (Å²) in [6, 6.07) is 3.24. The van der Waals surface area contributed by atoms with Crippen molar-refractivity contribution in [2.24, 2.45) is 0 Å². The zero-order chi connectivity index (χ0) is 16.4. The molecule has 0 atom stereocenters. The van der Waals surface area contributed by atoms with Crippen molar-refractivity contribution in [3.8, 4) is 0 Å². The van der Waals surface area contributed by atoms with Crippen molar-refractivity contribution < 1.29 is 18.1 Å². The van der Waals surface area contributed by atoms with Crippen LogP contribution in [0.1, 0.15) is 36.0 Å². The molecule has 23 heavy (non-hydrogen) atoms. The molecule has 2 saturated heterocycles. The van der Waals surface area contributed by atoms with E-state index in [1.165, 1.54) is 6.07 Å². The molecule has 1 aromatic rings. The van der Waals surface area contributed by atoms with E-state index >= 15 is 0 Å². The fraction of sp³-hybridized carbons (Fsp3) is 0.533. The summed E-state index contributed by atoms with van der Waals surface area (Å²) in [4.78, 5) is 12.4. The first-order valence-electron chi connectivity index (χ1n) is 7.90. The SMILES string of the molecule is O=C(NP(=O)(N1CCCC1)N1CCCC1)c1c(F)cccc1F. The lowest BCUT2D eigenvalue weighted by Crippen LogP contribution is -2.39. The molecule has 1 amide bonds. The fourth-order valence-corrected chi connectivity index (χ4v) is 5.83. The van der Waals surface area contributed by atoms with Crippen LogP contribution in [0.3, 0.4) is 0 Å². The highest BCUT2D eigenvalue weighted by Crippen LogP contribution is 2.52. The van der Waals surface area contributed by atoms with Crippen LogP contribution in [-0.4, -0.2) is 41.4 Å². The first-order chi connectivity index (χ1) is 11.0. The average molecular weight is 343 g/mol. The third-order valence-corrected chi connectivity index (χ3v) is 7.20.